The Balaban J connectivity index is 2.42. The average molecular weight is 302 g/mol. The zero-order valence-electron chi connectivity index (χ0n) is 15.0. The number of nitrogen functional groups attached to an aromatic ring is 1. The predicted molar refractivity (Wildman–Crippen MR) is 82.7 cm³/mol. The van der Waals surface area contributed by atoms with Crippen molar-refractivity contribution >= 4 is 28.2 Å². The van der Waals surface area contributed by atoms with Crippen molar-refractivity contribution in [2.24, 2.45) is 0 Å². The van der Waals surface area contributed by atoms with Crippen LogP contribution in [-0.2, 0) is 15.1 Å². The van der Waals surface area contributed by atoms with Gasteiger partial charge in [-0.15, -0.1) is 0 Å². The van der Waals surface area contributed by atoms with E-state index in [0.717, 1.165) is 4.57 Å². The molecule has 0 spiro atoms. The van der Waals surface area contributed by atoms with Crippen LogP contribution in [0.25, 0.3) is 10.9 Å². The second kappa shape index (κ2) is 4.76. The third-order valence-corrected chi connectivity index (χ3v) is 4.27. The fourth-order valence-corrected chi connectivity index (χ4v) is 2.93. The molecule has 0 amide bonds. The van der Waals surface area contributed by atoms with Crippen molar-refractivity contribution in [3.63, 3.8) is 0 Å². The van der Waals surface area contributed by atoms with E-state index in [4.69, 9.17) is 9.85 Å². The van der Waals surface area contributed by atoms with E-state index in [9.17, 15) is 14.4 Å². The number of carbonyl (C=O) groups is 2. The van der Waals surface area contributed by atoms with Gasteiger partial charge in [-0.2, -0.15) is 0 Å². The number of benzene rings is 1. The summed E-state index contributed by atoms with van der Waals surface area (Å²) in [5.41, 5.74) is 4.07. The summed E-state index contributed by atoms with van der Waals surface area (Å²) in [7, 11) is 0. The molecule has 0 radical (unpaired) electrons. The third kappa shape index (κ3) is 1.94. The highest BCUT2D eigenvalue weighted by Gasteiger charge is 2.41. The van der Waals surface area contributed by atoms with Gasteiger partial charge in [0.15, 0.2) is 5.78 Å². The number of aromatic nitrogens is 2. The molecule has 6 heteroatoms. The molecular weight excluding hydrogens is 282 g/mol. The van der Waals surface area contributed by atoms with E-state index in [1.165, 1.54) is 19.1 Å². The van der Waals surface area contributed by atoms with Crippen molar-refractivity contribution in [1.82, 2.24) is 9.55 Å². The Kier molecular flexibility index (Phi) is 2.41. The summed E-state index contributed by atoms with van der Waals surface area (Å²) in [6, 6.07) is 4.59. The van der Waals surface area contributed by atoms with Crippen LogP contribution in [0.3, 0.4) is 0 Å². The molecule has 1 aromatic heterocycles. The number of ketones is 2. The number of aryl methyl sites for hydroxylation is 1. The van der Waals surface area contributed by atoms with Crippen molar-refractivity contribution in [3.8, 4) is 0 Å². The van der Waals surface area contributed by atoms with Gasteiger partial charge in [0.1, 0.15) is 17.1 Å². The van der Waals surface area contributed by atoms with Gasteiger partial charge in [0.05, 0.1) is 17.3 Å². The van der Waals surface area contributed by atoms with E-state index in [0.29, 0.717) is 0 Å². The lowest BCUT2D eigenvalue weighted by molar-refractivity contribution is -0.136. The standard InChI is InChI=1S/C16H17N3O3/c1-9-18-12-5-3-4-11(17)14(12)15(22)19(9)16(2)7-6-10(20)8-13(16)21/h3-5H,6-8,17H2,1-2H3/i1D3. The Bertz CT molecular complexity index is 965. The Morgan fingerprint density at radius 3 is 2.82 bits per heavy atom. The number of rotatable bonds is 1. The zero-order valence-corrected chi connectivity index (χ0v) is 12.0. The minimum absolute atomic E-state index is 0.0492. The van der Waals surface area contributed by atoms with E-state index in [2.05, 4.69) is 4.98 Å². The predicted octanol–water partition coefficient (Wildman–Crippen LogP) is 1.32. The first-order valence-corrected chi connectivity index (χ1v) is 6.93. The Morgan fingerprint density at radius 1 is 1.36 bits per heavy atom. The molecule has 1 atom stereocenters. The van der Waals surface area contributed by atoms with Gasteiger partial charge in [-0.05, 0) is 32.3 Å². The molecular formula is C16H17N3O3. The van der Waals surface area contributed by atoms with E-state index in [1.807, 2.05) is 0 Å². The van der Waals surface area contributed by atoms with Crippen LogP contribution in [0.15, 0.2) is 23.0 Å². The van der Waals surface area contributed by atoms with Gasteiger partial charge >= 0.3 is 0 Å². The molecule has 22 heavy (non-hydrogen) atoms. The van der Waals surface area contributed by atoms with E-state index in [-0.39, 0.29) is 41.6 Å². The molecule has 1 fully saturated rings. The molecule has 1 saturated carbocycles. The first-order chi connectivity index (χ1) is 11.6. The van der Waals surface area contributed by atoms with Gasteiger partial charge in [0, 0.05) is 16.2 Å². The molecule has 0 aliphatic heterocycles. The molecule has 1 heterocycles. The topological polar surface area (TPSA) is 95.0 Å². The molecule has 114 valence electrons. The van der Waals surface area contributed by atoms with Gasteiger partial charge in [-0.1, -0.05) is 6.07 Å². The van der Waals surface area contributed by atoms with Crippen molar-refractivity contribution in [2.75, 3.05) is 5.73 Å². The molecule has 2 N–H and O–H groups in total. The highest BCUT2D eigenvalue weighted by Crippen LogP contribution is 2.30. The van der Waals surface area contributed by atoms with Crippen LogP contribution in [0, 0.1) is 6.85 Å². The van der Waals surface area contributed by atoms with Crippen molar-refractivity contribution in [3.05, 3.63) is 34.4 Å². The van der Waals surface area contributed by atoms with Crippen LogP contribution in [0.5, 0.6) is 0 Å². The third-order valence-electron chi connectivity index (χ3n) is 4.27. The normalized spacial score (nSPS) is 24.9. The summed E-state index contributed by atoms with van der Waals surface area (Å²) < 4.78 is 24.2. The summed E-state index contributed by atoms with van der Waals surface area (Å²) in [6.07, 6.45) is -0.184. The number of anilines is 1. The van der Waals surface area contributed by atoms with E-state index < -0.39 is 29.6 Å². The summed E-state index contributed by atoms with van der Waals surface area (Å²) in [4.78, 5) is 41.4. The lowest BCUT2D eigenvalue weighted by Crippen LogP contribution is -2.49. The van der Waals surface area contributed by atoms with Crippen molar-refractivity contribution in [2.45, 2.75) is 38.6 Å². The number of carbonyl (C=O) groups excluding carboxylic acids is 2. The molecule has 0 bridgehead atoms. The molecule has 2 aromatic rings. The van der Waals surface area contributed by atoms with Gasteiger partial charge in [-0.3, -0.25) is 19.0 Å². The van der Waals surface area contributed by atoms with Gasteiger partial charge in [0.25, 0.3) is 5.56 Å². The molecule has 1 aliphatic carbocycles. The molecule has 1 aromatic carbocycles. The maximum atomic E-state index is 13.1. The SMILES string of the molecule is [2H]C([2H])([2H])c1nc2cccc(N)c2c(=O)n1C1(C)CCC(=O)CC1=O. The van der Waals surface area contributed by atoms with Crippen LogP contribution < -0.4 is 11.3 Å². The minimum Gasteiger partial charge on any atom is -0.398 e. The van der Waals surface area contributed by atoms with E-state index in [1.54, 1.807) is 6.07 Å². The summed E-state index contributed by atoms with van der Waals surface area (Å²) in [5.74, 6) is -1.19. The van der Waals surface area contributed by atoms with Crippen LogP contribution in [0.2, 0.25) is 0 Å². The number of nitrogens with zero attached hydrogens (tertiary/aromatic N) is 2. The number of hydrogen-bond donors (Lipinski definition) is 1. The smallest absolute Gasteiger partial charge is 0.264 e. The number of hydrogen-bond acceptors (Lipinski definition) is 5. The summed E-state index contributed by atoms with van der Waals surface area (Å²) in [5, 5.41) is 0.0708. The highest BCUT2D eigenvalue weighted by molar-refractivity contribution is 6.05. The molecule has 6 nitrogen and oxygen atoms in total. The van der Waals surface area contributed by atoms with Gasteiger partial charge in [0.2, 0.25) is 0 Å². The minimum atomic E-state index is -2.71. The monoisotopic (exact) mass is 302 g/mol. The maximum Gasteiger partial charge on any atom is 0.264 e. The maximum absolute atomic E-state index is 13.1. The van der Waals surface area contributed by atoms with Crippen LogP contribution in [0.1, 0.15) is 36.1 Å². The number of fused-ring (bicyclic) bond motifs is 1. The Labute approximate surface area is 131 Å². The zero-order chi connectivity index (χ0) is 18.6. The van der Waals surface area contributed by atoms with Gasteiger partial charge in [-0.25, -0.2) is 4.98 Å². The molecule has 1 unspecified atom stereocenters. The summed E-state index contributed by atoms with van der Waals surface area (Å²) in [6.45, 7) is -1.23. The molecule has 3 rings (SSSR count). The lowest BCUT2D eigenvalue weighted by atomic mass is 9.81. The first-order valence-electron chi connectivity index (χ1n) is 8.43. The first kappa shape index (κ1) is 11.1. The average Bonchev–Trinajstić information content (AvgIpc) is 2.50. The Morgan fingerprint density at radius 2 is 2.14 bits per heavy atom. The number of nitrogens with two attached hydrogens (primary N) is 1. The lowest BCUT2D eigenvalue weighted by Gasteiger charge is -2.34. The van der Waals surface area contributed by atoms with Crippen LogP contribution in [0.4, 0.5) is 5.69 Å². The molecule has 0 saturated heterocycles. The fourth-order valence-electron chi connectivity index (χ4n) is 2.93. The largest absolute Gasteiger partial charge is 0.398 e. The quantitative estimate of drug-likeness (QED) is 0.633. The number of Topliss-reactive ketones (excluding diaryl/α,β-unsaturated/α-hetero) is 2. The van der Waals surface area contributed by atoms with E-state index >= 15 is 0 Å². The second-order valence-corrected chi connectivity index (χ2v) is 5.73. The summed E-state index contributed by atoms with van der Waals surface area (Å²) >= 11 is 0. The highest BCUT2D eigenvalue weighted by atomic mass is 16.2. The van der Waals surface area contributed by atoms with Gasteiger partial charge < -0.3 is 5.73 Å². The Hall–Kier alpha value is -2.50. The molecule has 1 aliphatic rings. The van der Waals surface area contributed by atoms with Crippen molar-refractivity contribution < 1.29 is 13.7 Å². The van der Waals surface area contributed by atoms with Crippen LogP contribution in [-0.4, -0.2) is 21.1 Å². The van der Waals surface area contributed by atoms with Crippen LogP contribution >= 0.6 is 0 Å². The fraction of sp³-hybridized carbons (Fsp3) is 0.375. The van der Waals surface area contributed by atoms with Crippen molar-refractivity contribution in [1.29, 1.82) is 0 Å². The second-order valence-electron chi connectivity index (χ2n) is 5.73.